The van der Waals surface area contributed by atoms with Gasteiger partial charge < -0.3 is 0 Å². The van der Waals surface area contributed by atoms with Crippen LogP contribution in [0.2, 0.25) is 18.1 Å². The number of hydrogen-bond donors (Lipinski definition) is 0. The quantitative estimate of drug-likeness (QED) is 0.737. The van der Waals surface area contributed by atoms with Crippen molar-refractivity contribution in [1.29, 1.82) is 0 Å². The Hall–Kier alpha value is 0.271. The average Bonchev–Trinajstić information content (AvgIpc) is 2.34. The Morgan fingerprint density at radius 3 is 2.17 bits per heavy atom. The second kappa shape index (κ2) is 4.99. The molecule has 1 atom stereocenters. The van der Waals surface area contributed by atoms with Crippen molar-refractivity contribution in [1.82, 2.24) is 0 Å². The van der Waals surface area contributed by atoms with Crippen molar-refractivity contribution in [3.05, 3.63) is 23.0 Å². The van der Waals surface area contributed by atoms with Gasteiger partial charge in [-0.3, -0.25) is 0 Å². The molecule has 0 radical (unpaired) electrons. The predicted octanol–water partition coefficient (Wildman–Crippen LogP) is 2.40. The minimum absolute atomic E-state index is 0.213. The van der Waals surface area contributed by atoms with Crippen molar-refractivity contribution < 1.29 is 8.85 Å². The van der Waals surface area contributed by atoms with E-state index < -0.39 is 8.32 Å². The zero-order chi connectivity index (χ0) is 14.4. The first-order chi connectivity index (χ1) is 7.94. The van der Waals surface area contributed by atoms with E-state index in [0.717, 1.165) is 5.76 Å². The van der Waals surface area contributed by atoms with E-state index in [0.29, 0.717) is 10.5 Å². The van der Waals surface area contributed by atoms with Crippen LogP contribution in [-0.2, 0) is 8.85 Å². The van der Waals surface area contributed by atoms with Crippen molar-refractivity contribution in [2.45, 2.75) is 57.0 Å². The minimum atomic E-state index is -1.80. The summed E-state index contributed by atoms with van der Waals surface area (Å²) in [6, 6.07) is 0. The van der Waals surface area contributed by atoms with E-state index in [1.54, 1.807) is 0 Å². The van der Waals surface area contributed by atoms with Crippen LogP contribution in [0.1, 0.15) is 34.6 Å². The molecule has 0 aromatic carbocycles. The van der Waals surface area contributed by atoms with Gasteiger partial charge in [0, 0.05) is 0 Å². The molecule has 1 aliphatic carbocycles. The summed E-state index contributed by atoms with van der Waals surface area (Å²) in [5.41, 5.74) is 2.52. The second-order valence-corrected chi connectivity index (χ2v) is 12.1. The van der Waals surface area contributed by atoms with Gasteiger partial charge in [0.1, 0.15) is 0 Å². The molecule has 0 spiro atoms. The Bertz CT molecular complexity index is 408. The number of hydrogen-bond acceptors (Lipinski definition) is 2. The fraction of sp³-hybridized carbons (Fsp3) is 0.692. The van der Waals surface area contributed by atoms with Crippen LogP contribution in [-0.4, -0.2) is 40.8 Å². The van der Waals surface area contributed by atoms with Crippen molar-refractivity contribution in [3.63, 3.8) is 0 Å². The van der Waals surface area contributed by atoms with Gasteiger partial charge in [-0.1, -0.05) is 0 Å². The molecule has 18 heavy (non-hydrogen) atoms. The zero-order valence-corrected chi connectivity index (χ0v) is 16.4. The van der Waals surface area contributed by atoms with E-state index in [-0.39, 0.29) is 9.31 Å². The first-order valence-corrected chi connectivity index (χ1v) is 10.3. The summed E-state index contributed by atoms with van der Waals surface area (Å²) < 4.78 is 12.0. The zero-order valence-electron chi connectivity index (χ0n) is 13.4. The standard InChI is InChI=1S/C13H25O2Si2.Li/c1-9-8-11(12(14-16)10(9)2)15-17(6,7)13(3,4)5;/h8H,1-7,16H3;. The monoisotopic (exact) mass is 276 g/mol. The van der Waals surface area contributed by atoms with Gasteiger partial charge >= 0.3 is 125 Å². The predicted molar refractivity (Wildman–Crippen MR) is 84.2 cm³/mol. The molecule has 0 aromatic rings. The SMILES string of the molecule is [Li][C]1(O[Si](C)(C)C(C)(C)C)C=C(C)C(C)=C1O[SiH3]. The molecule has 0 heterocycles. The van der Waals surface area contributed by atoms with Gasteiger partial charge in [-0.05, 0) is 0 Å². The fourth-order valence-electron chi connectivity index (χ4n) is 2.25. The van der Waals surface area contributed by atoms with Gasteiger partial charge in [-0.25, -0.2) is 0 Å². The van der Waals surface area contributed by atoms with Crippen LogP contribution >= 0.6 is 0 Å². The molecule has 0 amide bonds. The first-order valence-electron chi connectivity index (χ1n) is 6.60. The van der Waals surface area contributed by atoms with Gasteiger partial charge in [0.15, 0.2) is 0 Å². The molecule has 1 unspecified atom stereocenters. The van der Waals surface area contributed by atoms with Crippen LogP contribution < -0.4 is 0 Å². The summed E-state index contributed by atoms with van der Waals surface area (Å²) in [4.78, 5) is 0. The van der Waals surface area contributed by atoms with Crippen molar-refractivity contribution in [2.75, 3.05) is 0 Å². The summed E-state index contributed by atoms with van der Waals surface area (Å²) in [5, 5.41) is 0.213. The molecule has 0 aliphatic heterocycles. The molecular weight excluding hydrogens is 251 g/mol. The Labute approximate surface area is 125 Å². The molecule has 0 bridgehead atoms. The van der Waals surface area contributed by atoms with Crippen LogP contribution in [0.15, 0.2) is 23.0 Å². The van der Waals surface area contributed by atoms with E-state index in [1.807, 2.05) is 0 Å². The van der Waals surface area contributed by atoms with E-state index >= 15 is 0 Å². The van der Waals surface area contributed by atoms with Crippen LogP contribution in [0.4, 0.5) is 0 Å². The number of rotatable bonds is 3. The van der Waals surface area contributed by atoms with Crippen molar-refractivity contribution in [2.24, 2.45) is 0 Å². The van der Waals surface area contributed by atoms with Gasteiger partial charge in [0.2, 0.25) is 0 Å². The molecule has 5 heteroatoms. The Balaban J connectivity index is 3.12. The van der Waals surface area contributed by atoms with E-state index in [2.05, 4.69) is 71.5 Å². The third-order valence-electron chi connectivity index (χ3n) is 4.35. The van der Waals surface area contributed by atoms with Crippen LogP contribution in [0.3, 0.4) is 0 Å². The Morgan fingerprint density at radius 2 is 1.78 bits per heavy atom. The summed E-state index contributed by atoms with van der Waals surface area (Å²) in [5.74, 6) is 1.02. The average molecular weight is 276 g/mol. The summed E-state index contributed by atoms with van der Waals surface area (Å²) in [6.07, 6.45) is 2.22. The Kier molecular flexibility index (Phi) is 4.53. The summed E-state index contributed by atoms with van der Waals surface area (Å²) >= 11 is 2.14. The van der Waals surface area contributed by atoms with Crippen molar-refractivity contribution in [3.8, 4) is 0 Å². The third-order valence-corrected chi connectivity index (χ3v) is 9.31. The van der Waals surface area contributed by atoms with E-state index in [9.17, 15) is 0 Å². The maximum absolute atomic E-state index is 6.60. The van der Waals surface area contributed by atoms with Crippen molar-refractivity contribution >= 4 is 36.5 Å². The molecule has 0 aromatic heterocycles. The third kappa shape index (κ3) is 2.88. The maximum atomic E-state index is 6.60. The van der Waals surface area contributed by atoms with Crippen LogP contribution in [0, 0.1) is 0 Å². The van der Waals surface area contributed by atoms with Gasteiger partial charge in [0.25, 0.3) is 0 Å². The van der Waals surface area contributed by atoms with Crippen LogP contribution in [0.25, 0.3) is 0 Å². The molecular formula is C13H25LiO2Si2. The normalized spacial score (nSPS) is 25.7. The van der Waals surface area contributed by atoms with E-state index in [1.165, 1.54) is 11.1 Å². The molecule has 98 valence electrons. The number of allylic oxidation sites excluding steroid dienone is 2. The summed E-state index contributed by atoms with van der Waals surface area (Å²) in [6.45, 7) is 15.7. The van der Waals surface area contributed by atoms with E-state index in [4.69, 9.17) is 8.85 Å². The van der Waals surface area contributed by atoms with Gasteiger partial charge in [-0.2, -0.15) is 0 Å². The Morgan fingerprint density at radius 1 is 1.28 bits per heavy atom. The first kappa shape index (κ1) is 16.3. The molecule has 1 aliphatic rings. The second-order valence-electron chi connectivity index (χ2n) is 6.96. The topological polar surface area (TPSA) is 18.5 Å². The van der Waals surface area contributed by atoms with Gasteiger partial charge in [-0.15, -0.1) is 0 Å². The summed E-state index contributed by atoms with van der Waals surface area (Å²) in [7, 11) is -1.10. The van der Waals surface area contributed by atoms with Gasteiger partial charge in [0.05, 0.1) is 0 Å². The molecule has 0 N–H and O–H groups in total. The molecule has 0 saturated heterocycles. The molecule has 2 nitrogen and oxygen atoms in total. The molecule has 1 rings (SSSR count). The molecule has 0 fully saturated rings. The fourth-order valence-corrected chi connectivity index (χ4v) is 4.48. The molecule has 0 saturated carbocycles. The van der Waals surface area contributed by atoms with Crippen LogP contribution in [0.5, 0.6) is 0 Å².